The number of aromatic nitrogens is 3. The molecule has 1 atom stereocenters. The van der Waals surface area contributed by atoms with Crippen LogP contribution in [0.15, 0.2) is 41.0 Å². The van der Waals surface area contributed by atoms with Gasteiger partial charge in [-0.3, -0.25) is 4.79 Å². The Morgan fingerprint density at radius 1 is 1.24 bits per heavy atom. The molecule has 1 aliphatic rings. The number of carbonyl (C=O) groups is 2. The molecule has 2 amide bonds. The van der Waals surface area contributed by atoms with Crippen LogP contribution in [0.1, 0.15) is 42.4 Å². The van der Waals surface area contributed by atoms with Gasteiger partial charge in [-0.25, -0.2) is 9.78 Å². The molecule has 12 heteroatoms. The van der Waals surface area contributed by atoms with Gasteiger partial charge in [-0.05, 0) is 54.4 Å². The van der Waals surface area contributed by atoms with Crippen LogP contribution < -0.4 is 10.2 Å². The number of aliphatic hydroxyl groups is 1. The zero-order valence-electron chi connectivity index (χ0n) is 20.8. The molecule has 0 spiro atoms. The van der Waals surface area contributed by atoms with Gasteiger partial charge in [-0.2, -0.15) is 14.9 Å². The van der Waals surface area contributed by atoms with Crippen molar-refractivity contribution in [3.63, 3.8) is 0 Å². The van der Waals surface area contributed by atoms with E-state index in [0.29, 0.717) is 34.7 Å². The van der Waals surface area contributed by atoms with Gasteiger partial charge >= 0.3 is 6.09 Å². The number of benzene rings is 1. The zero-order valence-corrected chi connectivity index (χ0v) is 22.4. The maximum atomic E-state index is 13.0. The van der Waals surface area contributed by atoms with Crippen LogP contribution in [-0.4, -0.2) is 74.5 Å². The van der Waals surface area contributed by atoms with Gasteiger partial charge in [-0.15, -0.1) is 0 Å². The molecule has 1 saturated heterocycles. The van der Waals surface area contributed by atoms with Crippen LogP contribution in [0.3, 0.4) is 0 Å². The van der Waals surface area contributed by atoms with Crippen molar-refractivity contribution in [2.75, 3.05) is 31.1 Å². The average Bonchev–Trinajstić information content (AvgIpc) is 3.25. The van der Waals surface area contributed by atoms with E-state index in [9.17, 15) is 14.7 Å². The predicted octanol–water partition coefficient (Wildman–Crippen LogP) is 2.71. The molecule has 0 saturated carbocycles. The Kier molecular flexibility index (Phi) is 7.65. The third kappa shape index (κ3) is 6.18. The third-order valence-electron chi connectivity index (χ3n) is 5.79. The maximum Gasteiger partial charge on any atom is 0.410 e. The summed E-state index contributed by atoms with van der Waals surface area (Å²) in [6, 6.07) is 11.9. The lowest BCUT2D eigenvalue weighted by Gasteiger charge is -2.42. The number of amides is 2. The highest BCUT2D eigenvalue weighted by Crippen LogP contribution is 2.25. The van der Waals surface area contributed by atoms with E-state index in [4.69, 9.17) is 10.00 Å². The fourth-order valence-electron chi connectivity index (χ4n) is 4.03. The number of piperazine rings is 1. The Labute approximate surface area is 222 Å². The van der Waals surface area contributed by atoms with E-state index >= 15 is 0 Å². The standard InChI is InChI=1S/C25H28BrN7O4/c1-25(2,3)37-24(36)31-8-9-32(18(14-31)15-34)22-10-19(29-21-11-20(26)30-33(21)22)23(35)28-13-17-6-4-16(12-27)5-7-17/h4-7,10-11,18,34H,8-9,13-15H2,1-3H3,(H,28,35). The molecule has 3 heterocycles. The van der Waals surface area contributed by atoms with Crippen LogP contribution in [0.25, 0.3) is 5.65 Å². The highest BCUT2D eigenvalue weighted by molar-refractivity contribution is 9.10. The molecule has 194 valence electrons. The first-order chi connectivity index (χ1) is 17.6. The van der Waals surface area contributed by atoms with Gasteiger partial charge in [-0.1, -0.05) is 12.1 Å². The fraction of sp³-hybridized carbons (Fsp3) is 0.400. The second-order valence-electron chi connectivity index (χ2n) is 9.68. The van der Waals surface area contributed by atoms with Crippen LogP contribution in [0.2, 0.25) is 0 Å². The van der Waals surface area contributed by atoms with Gasteiger partial charge < -0.3 is 25.0 Å². The molecule has 0 aliphatic carbocycles. The van der Waals surface area contributed by atoms with Gasteiger partial charge in [0.2, 0.25) is 0 Å². The van der Waals surface area contributed by atoms with Crippen molar-refractivity contribution in [1.29, 1.82) is 5.26 Å². The van der Waals surface area contributed by atoms with Crippen LogP contribution >= 0.6 is 15.9 Å². The molecule has 37 heavy (non-hydrogen) atoms. The van der Waals surface area contributed by atoms with Crippen LogP contribution in [0, 0.1) is 11.3 Å². The van der Waals surface area contributed by atoms with Crippen molar-refractivity contribution in [2.24, 2.45) is 0 Å². The van der Waals surface area contributed by atoms with E-state index in [2.05, 4.69) is 37.4 Å². The molecule has 1 aromatic carbocycles. The van der Waals surface area contributed by atoms with Crippen molar-refractivity contribution in [3.05, 3.63) is 57.8 Å². The first-order valence-electron chi connectivity index (χ1n) is 11.8. The van der Waals surface area contributed by atoms with E-state index in [-0.39, 0.29) is 31.3 Å². The molecule has 0 radical (unpaired) electrons. The largest absolute Gasteiger partial charge is 0.444 e. The highest BCUT2D eigenvalue weighted by Gasteiger charge is 2.33. The van der Waals surface area contributed by atoms with Crippen molar-refractivity contribution >= 4 is 39.4 Å². The van der Waals surface area contributed by atoms with Gasteiger partial charge in [0.25, 0.3) is 5.91 Å². The molecule has 0 bridgehead atoms. The normalized spacial score (nSPS) is 15.9. The molecular weight excluding hydrogens is 542 g/mol. The number of fused-ring (bicyclic) bond motifs is 1. The number of halogens is 1. The number of nitriles is 1. The van der Waals surface area contributed by atoms with Gasteiger partial charge in [0.1, 0.15) is 21.7 Å². The van der Waals surface area contributed by atoms with Gasteiger partial charge in [0.15, 0.2) is 5.65 Å². The monoisotopic (exact) mass is 569 g/mol. The lowest BCUT2D eigenvalue weighted by molar-refractivity contribution is 0.0197. The summed E-state index contributed by atoms with van der Waals surface area (Å²) >= 11 is 3.37. The summed E-state index contributed by atoms with van der Waals surface area (Å²) < 4.78 is 7.65. The highest BCUT2D eigenvalue weighted by atomic mass is 79.9. The summed E-state index contributed by atoms with van der Waals surface area (Å²) in [7, 11) is 0. The Morgan fingerprint density at radius 3 is 2.62 bits per heavy atom. The number of anilines is 1. The number of aliphatic hydroxyl groups excluding tert-OH is 1. The van der Waals surface area contributed by atoms with Crippen LogP contribution in [0.5, 0.6) is 0 Å². The van der Waals surface area contributed by atoms with E-state index in [1.54, 1.807) is 45.8 Å². The molecule has 2 aromatic heterocycles. The first kappa shape index (κ1) is 26.4. The topological polar surface area (TPSA) is 136 Å². The van der Waals surface area contributed by atoms with E-state index in [0.717, 1.165) is 5.56 Å². The third-order valence-corrected chi connectivity index (χ3v) is 6.17. The molecule has 1 aliphatic heterocycles. The van der Waals surface area contributed by atoms with Gasteiger partial charge in [0, 0.05) is 38.3 Å². The minimum atomic E-state index is -0.623. The lowest BCUT2D eigenvalue weighted by Crippen LogP contribution is -2.57. The maximum absolute atomic E-state index is 13.0. The number of hydrogen-bond acceptors (Lipinski definition) is 8. The van der Waals surface area contributed by atoms with Crippen LogP contribution in [0.4, 0.5) is 10.6 Å². The van der Waals surface area contributed by atoms with Crippen LogP contribution in [-0.2, 0) is 11.3 Å². The SMILES string of the molecule is CC(C)(C)OC(=O)N1CCN(c2cc(C(=O)NCc3ccc(C#N)cc3)nc3cc(Br)nn23)C(CO)C1. The van der Waals surface area contributed by atoms with E-state index in [1.165, 1.54) is 0 Å². The smallest absolute Gasteiger partial charge is 0.410 e. The molecule has 1 fully saturated rings. The molecule has 2 N–H and O–H groups in total. The number of nitrogens with zero attached hydrogens (tertiary/aromatic N) is 6. The number of ether oxygens (including phenoxy) is 1. The summed E-state index contributed by atoms with van der Waals surface area (Å²) in [5.74, 6) is 0.195. The summed E-state index contributed by atoms with van der Waals surface area (Å²) in [5.41, 5.74) is 1.42. The molecule has 11 nitrogen and oxygen atoms in total. The van der Waals surface area contributed by atoms with Crippen molar-refractivity contribution < 1.29 is 19.4 Å². The second-order valence-corrected chi connectivity index (χ2v) is 10.5. The van der Waals surface area contributed by atoms with Crippen molar-refractivity contribution in [1.82, 2.24) is 24.8 Å². The molecular formula is C25H28BrN7O4. The average molecular weight is 570 g/mol. The Morgan fingerprint density at radius 2 is 1.97 bits per heavy atom. The number of nitrogens with one attached hydrogen (secondary N) is 1. The van der Waals surface area contributed by atoms with Gasteiger partial charge in [0.05, 0.1) is 24.3 Å². The number of rotatable bonds is 5. The fourth-order valence-corrected chi connectivity index (χ4v) is 4.39. The van der Waals surface area contributed by atoms with Crippen molar-refractivity contribution in [3.8, 4) is 6.07 Å². The molecule has 4 rings (SSSR count). The van der Waals surface area contributed by atoms with E-state index < -0.39 is 17.7 Å². The minimum absolute atomic E-state index is 0.190. The quantitative estimate of drug-likeness (QED) is 0.478. The zero-order chi connectivity index (χ0) is 26.7. The van der Waals surface area contributed by atoms with E-state index in [1.807, 2.05) is 25.7 Å². The Balaban J connectivity index is 1.57. The summed E-state index contributed by atoms with van der Waals surface area (Å²) in [6.07, 6.45) is -0.435. The number of hydrogen-bond donors (Lipinski definition) is 2. The Hall–Kier alpha value is -3.69. The summed E-state index contributed by atoms with van der Waals surface area (Å²) in [4.78, 5) is 33.6. The molecule has 1 unspecified atom stereocenters. The number of carbonyl (C=O) groups excluding carboxylic acids is 2. The predicted molar refractivity (Wildman–Crippen MR) is 139 cm³/mol. The van der Waals surface area contributed by atoms with Crippen molar-refractivity contribution in [2.45, 2.75) is 39.0 Å². The first-order valence-corrected chi connectivity index (χ1v) is 12.6. The lowest BCUT2D eigenvalue weighted by atomic mass is 10.1. The summed E-state index contributed by atoms with van der Waals surface area (Å²) in [5, 5.41) is 26.5. The minimum Gasteiger partial charge on any atom is -0.444 e. The molecule has 3 aromatic rings. The summed E-state index contributed by atoms with van der Waals surface area (Å²) in [6.45, 7) is 6.49. The Bertz CT molecular complexity index is 1340. The second kappa shape index (κ2) is 10.7.